The van der Waals surface area contributed by atoms with Gasteiger partial charge in [0, 0.05) is 16.2 Å². The van der Waals surface area contributed by atoms with E-state index in [-0.39, 0.29) is 18.4 Å². The zero-order valence-electron chi connectivity index (χ0n) is 11.4. The molecule has 5 nitrogen and oxygen atoms in total. The Morgan fingerprint density at radius 1 is 1.24 bits per heavy atom. The van der Waals surface area contributed by atoms with Crippen LogP contribution in [0.2, 0.25) is 0 Å². The SMILES string of the molecule is Cc1cc(NC(=O)CNC(=O)c2ccccc2)ncc1Br. The molecule has 0 saturated heterocycles. The van der Waals surface area contributed by atoms with Gasteiger partial charge in [-0.3, -0.25) is 9.59 Å². The maximum Gasteiger partial charge on any atom is 0.251 e. The molecule has 0 aliphatic rings. The van der Waals surface area contributed by atoms with Crippen molar-refractivity contribution in [1.29, 1.82) is 0 Å². The second kappa shape index (κ2) is 6.99. The molecule has 0 saturated carbocycles. The van der Waals surface area contributed by atoms with Gasteiger partial charge in [-0.05, 0) is 46.6 Å². The molecule has 0 fully saturated rings. The van der Waals surface area contributed by atoms with Crippen LogP contribution in [0.25, 0.3) is 0 Å². The van der Waals surface area contributed by atoms with Crippen molar-refractivity contribution in [2.45, 2.75) is 6.92 Å². The van der Waals surface area contributed by atoms with Crippen LogP contribution in [0.5, 0.6) is 0 Å². The van der Waals surface area contributed by atoms with E-state index in [1.807, 2.05) is 13.0 Å². The number of benzene rings is 1. The van der Waals surface area contributed by atoms with Crippen LogP contribution >= 0.6 is 15.9 Å². The highest BCUT2D eigenvalue weighted by Crippen LogP contribution is 2.16. The second-order valence-electron chi connectivity index (χ2n) is 4.42. The summed E-state index contributed by atoms with van der Waals surface area (Å²) in [7, 11) is 0. The first-order chi connectivity index (χ1) is 10.1. The third-order valence-corrected chi connectivity index (χ3v) is 3.59. The Kier molecular flexibility index (Phi) is 5.05. The summed E-state index contributed by atoms with van der Waals surface area (Å²) in [6, 6.07) is 10.5. The van der Waals surface area contributed by atoms with Crippen LogP contribution in [0.1, 0.15) is 15.9 Å². The van der Waals surface area contributed by atoms with Gasteiger partial charge >= 0.3 is 0 Å². The molecule has 21 heavy (non-hydrogen) atoms. The van der Waals surface area contributed by atoms with E-state index in [4.69, 9.17) is 0 Å². The number of nitrogens with zero attached hydrogens (tertiary/aromatic N) is 1. The van der Waals surface area contributed by atoms with E-state index in [1.54, 1.807) is 36.5 Å². The molecular weight excluding hydrogens is 334 g/mol. The largest absolute Gasteiger partial charge is 0.343 e. The predicted octanol–water partition coefficient (Wildman–Crippen LogP) is 2.52. The first-order valence-electron chi connectivity index (χ1n) is 6.31. The molecule has 108 valence electrons. The van der Waals surface area contributed by atoms with Crippen LogP contribution in [0.3, 0.4) is 0 Å². The van der Waals surface area contributed by atoms with E-state index in [1.165, 1.54) is 0 Å². The number of rotatable bonds is 4. The fourth-order valence-electron chi connectivity index (χ4n) is 1.65. The Labute approximate surface area is 130 Å². The molecule has 2 aromatic rings. The topological polar surface area (TPSA) is 71.1 Å². The van der Waals surface area contributed by atoms with Gasteiger partial charge in [-0.1, -0.05) is 18.2 Å². The number of halogens is 1. The van der Waals surface area contributed by atoms with Crippen molar-refractivity contribution >= 4 is 33.6 Å². The van der Waals surface area contributed by atoms with Crippen LogP contribution in [0.4, 0.5) is 5.82 Å². The standard InChI is InChI=1S/C15H14BrN3O2/c1-10-7-13(17-8-12(10)16)19-14(20)9-18-15(21)11-5-3-2-4-6-11/h2-8H,9H2,1H3,(H,18,21)(H,17,19,20). The lowest BCUT2D eigenvalue weighted by Crippen LogP contribution is -2.33. The first-order valence-corrected chi connectivity index (χ1v) is 7.11. The van der Waals surface area contributed by atoms with Crippen LogP contribution in [0.15, 0.2) is 47.1 Å². The normalized spacial score (nSPS) is 10.0. The van der Waals surface area contributed by atoms with E-state index in [0.717, 1.165) is 10.0 Å². The third kappa shape index (κ3) is 4.39. The Bertz CT molecular complexity index is 659. The number of pyridine rings is 1. The van der Waals surface area contributed by atoms with Gasteiger partial charge in [0.25, 0.3) is 5.91 Å². The summed E-state index contributed by atoms with van der Waals surface area (Å²) in [5.41, 5.74) is 1.48. The van der Waals surface area contributed by atoms with Gasteiger partial charge < -0.3 is 10.6 Å². The van der Waals surface area contributed by atoms with Gasteiger partial charge in [0.1, 0.15) is 5.82 Å². The van der Waals surface area contributed by atoms with E-state index in [2.05, 4.69) is 31.5 Å². The van der Waals surface area contributed by atoms with Crippen molar-refractivity contribution in [2.24, 2.45) is 0 Å². The number of carbonyl (C=O) groups excluding carboxylic acids is 2. The zero-order chi connectivity index (χ0) is 15.2. The summed E-state index contributed by atoms with van der Waals surface area (Å²) >= 11 is 3.34. The summed E-state index contributed by atoms with van der Waals surface area (Å²) in [4.78, 5) is 27.6. The Morgan fingerprint density at radius 2 is 1.95 bits per heavy atom. The van der Waals surface area contributed by atoms with Crippen molar-refractivity contribution in [2.75, 3.05) is 11.9 Å². The Morgan fingerprint density at radius 3 is 2.62 bits per heavy atom. The number of aromatic nitrogens is 1. The van der Waals surface area contributed by atoms with Crippen molar-refractivity contribution in [3.05, 3.63) is 58.2 Å². The summed E-state index contributed by atoms with van der Waals surface area (Å²) in [6.07, 6.45) is 1.62. The highest BCUT2D eigenvalue weighted by Gasteiger charge is 2.08. The minimum absolute atomic E-state index is 0.107. The summed E-state index contributed by atoms with van der Waals surface area (Å²) < 4.78 is 0.873. The van der Waals surface area contributed by atoms with Gasteiger partial charge in [-0.2, -0.15) is 0 Å². The minimum atomic E-state index is -0.325. The molecule has 0 aliphatic heterocycles. The quantitative estimate of drug-likeness (QED) is 0.892. The Balaban J connectivity index is 1.87. The van der Waals surface area contributed by atoms with Gasteiger partial charge in [-0.25, -0.2) is 4.98 Å². The molecule has 2 N–H and O–H groups in total. The molecule has 0 bridgehead atoms. The molecule has 1 heterocycles. The molecule has 2 rings (SSSR count). The van der Waals surface area contributed by atoms with E-state index in [0.29, 0.717) is 11.4 Å². The number of anilines is 1. The predicted molar refractivity (Wildman–Crippen MR) is 84.1 cm³/mol. The van der Waals surface area contributed by atoms with Crippen LogP contribution in [0, 0.1) is 6.92 Å². The fourth-order valence-corrected chi connectivity index (χ4v) is 1.86. The lowest BCUT2D eigenvalue weighted by molar-refractivity contribution is -0.115. The van der Waals surface area contributed by atoms with Crippen molar-refractivity contribution in [1.82, 2.24) is 10.3 Å². The second-order valence-corrected chi connectivity index (χ2v) is 5.27. The number of amides is 2. The molecular formula is C15H14BrN3O2. The Hall–Kier alpha value is -2.21. The van der Waals surface area contributed by atoms with Gasteiger partial charge in [0.15, 0.2) is 0 Å². The average Bonchev–Trinajstić information content (AvgIpc) is 2.49. The molecule has 0 aliphatic carbocycles. The minimum Gasteiger partial charge on any atom is -0.343 e. The molecule has 0 atom stereocenters. The molecule has 2 amide bonds. The maximum absolute atomic E-state index is 11.8. The van der Waals surface area contributed by atoms with Gasteiger partial charge in [-0.15, -0.1) is 0 Å². The molecule has 1 aromatic carbocycles. The molecule has 6 heteroatoms. The van der Waals surface area contributed by atoms with Gasteiger partial charge in [0.05, 0.1) is 6.54 Å². The third-order valence-electron chi connectivity index (χ3n) is 2.76. The number of aryl methyl sites for hydroxylation is 1. The maximum atomic E-state index is 11.8. The smallest absolute Gasteiger partial charge is 0.251 e. The number of nitrogens with one attached hydrogen (secondary N) is 2. The zero-order valence-corrected chi connectivity index (χ0v) is 13.0. The highest BCUT2D eigenvalue weighted by atomic mass is 79.9. The highest BCUT2D eigenvalue weighted by molar-refractivity contribution is 9.10. The average molecular weight is 348 g/mol. The van der Waals surface area contributed by atoms with E-state index >= 15 is 0 Å². The van der Waals surface area contributed by atoms with Crippen LogP contribution < -0.4 is 10.6 Å². The number of hydrogen-bond donors (Lipinski definition) is 2. The van der Waals surface area contributed by atoms with Crippen molar-refractivity contribution < 1.29 is 9.59 Å². The summed E-state index contributed by atoms with van der Waals surface area (Å²) in [5, 5.41) is 5.19. The first kappa shape index (κ1) is 15.2. The van der Waals surface area contributed by atoms with Crippen LogP contribution in [-0.2, 0) is 4.79 Å². The van der Waals surface area contributed by atoms with E-state index in [9.17, 15) is 9.59 Å². The number of hydrogen-bond acceptors (Lipinski definition) is 3. The molecule has 1 aromatic heterocycles. The summed E-state index contributed by atoms with van der Waals surface area (Å²) in [6.45, 7) is 1.79. The van der Waals surface area contributed by atoms with Crippen LogP contribution in [-0.4, -0.2) is 23.3 Å². The molecule has 0 spiro atoms. The lowest BCUT2D eigenvalue weighted by atomic mass is 10.2. The van der Waals surface area contributed by atoms with Crippen molar-refractivity contribution in [3.8, 4) is 0 Å². The molecule has 0 unspecified atom stereocenters. The summed E-state index contributed by atoms with van der Waals surface area (Å²) in [5.74, 6) is -0.158. The van der Waals surface area contributed by atoms with Crippen molar-refractivity contribution in [3.63, 3.8) is 0 Å². The molecule has 0 radical (unpaired) electrons. The van der Waals surface area contributed by atoms with E-state index < -0.39 is 0 Å². The fraction of sp³-hybridized carbons (Fsp3) is 0.133. The monoisotopic (exact) mass is 347 g/mol. The van der Waals surface area contributed by atoms with Gasteiger partial charge in [0.2, 0.25) is 5.91 Å². The lowest BCUT2D eigenvalue weighted by Gasteiger charge is -2.07. The number of carbonyl (C=O) groups is 2.